The fraction of sp³-hybridized carbons (Fsp3) is 0.455. The van der Waals surface area contributed by atoms with Crippen molar-refractivity contribution in [1.29, 1.82) is 0 Å². The Balaban J connectivity index is 1.71. The van der Waals surface area contributed by atoms with Crippen LogP contribution in [0.15, 0.2) is 73.2 Å². The van der Waals surface area contributed by atoms with Crippen LogP contribution in [0, 0.1) is 5.92 Å². The van der Waals surface area contributed by atoms with E-state index in [2.05, 4.69) is 73.8 Å². The molecule has 27 N–H and O–H groups in total. The number of aromatic nitrogens is 2. The van der Waals surface area contributed by atoms with E-state index >= 15 is 0 Å². The fourth-order valence-corrected chi connectivity index (χ4v) is 10.0. The molecule has 11 atom stereocenters. The van der Waals surface area contributed by atoms with Gasteiger partial charge in [0.2, 0.25) is 100 Å². The minimum atomic E-state index is -2.13. The Labute approximate surface area is 630 Å². The van der Waals surface area contributed by atoms with E-state index in [-0.39, 0.29) is 37.3 Å². The topological polar surface area (TPSA) is 741 Å². The van der Waals surface area contributed by atoms with Crippen molar-refractivity contribution in [3.8, 4) is 0 Å². The van der Waals surface area contributed by atoms with E-state index in [0.717, 1.165) is 13.3 Å². The maximum Gasteiger partial charge on any atom is 0.322 e. The molecular formula is C66H90N20O25. The second-order valence-electron chi connectivity index (χ2n) is 25.3. The molecule has 0 bridgehead atoms. The van der Waals surface area contributed by atoms with Gasteiger partial charge in [0.1, 0.15) is 67.0 Å². The third kappa shape index (κ3) is 36.1. The molecule has 0 saturated heterocycles. The predicted molar refractivity (Wildman–Crippen MR) is 377 cm³/mol. The van der Waals surface area contributed by atoms with Crippen molar-refractivity contribution in [3.05, 3.63) is 90.0 Å². The van der Waals surface area contributed by atoms with Crippen LogP contribution in [0.3, 0.4) is 0 Å². The van der Waals surface area contributed by atoms with Gasteiger partial charge in [-0.15, -0.1) is 0 Å². The van der Waals surface area contributed by atoms with Crippen molar-refractivity contribution in [3.63, 3.8) is 0 Å². The minimum absolute atomic E-state index is 0.0427. The Hall–Kier alpha value is -13.5. The smallest absolute Gasteiger partial charge is 0.322 e. The van der Waals surface area contributed by atoms with Crippen molar-refractivity contribution in [2.24, 2.45) is 28.9 Å². The summed E-state index contributed by atoms with van der Waals surface area (Å²) in [6, 6.07) is -2.72. The number of primary amides is 3. The number of aromatic amines is 1. The molecule has 1 heterocycles. The number of amides is 17. The van der Waals surface area contributed by atoms with Crippen molar-refractivity contribution in [1.82, 2.24) is 84.4 Å². The summed E-state index contributed by atoms with van der Waals surface area (Å²) < 4.78 is 0. The molecule has 1 aromatic heterocycles. The lowest BCUT2D eigenvalue weighted by Gasteiger charge is -2.26. The van der Waals surface area contributed by atoms with Crippen LogP contribution in [0.2, 0.25) is 0 Å². The highest BCUT2D eigenvalue weighted by Crippen LogP contribution is 2.11. The van der Waals surface area contributed by atoms with Crippen molar-refractivity contribution >= 4 is 124 Å². The number of imidazole rings is 1. The molecule has 2 aromatic carbocycles. The van der Waals surface area contributed by atoms with Gasteiger partial charge in [-0.05, 0) is 43.2 Å². The van der Waals surface area contributed by atoms with Crippen LogP contribution in [0.5, 0.6) is 0 Å². The first kappa shape index (κ1) is 91.7. The van der Waals surface area contributed by atoms with Crippen LogP contribution in [-0.4, -0.2) is 247 Å². The molecule has 3 rings (SSSR count). The van der Waals surface area contributed by atoms with E-state index in [1.54, 1.807) is 74.5 Å². The van der Waals surface area contributed by atoms with E-state index in [4.69, 9.17) is 28.0 Å². The first-order chi connectivity index (χ1) is 52.2. The Bertz CT molecular complexity index is 3870. The average Bonchev–Trinajstić information content (AvgIpc) is 1.44. The van der Waals surface area contributed by atoms with E-state index < -0.39 is 262 Å². The quantitative estimate of drug-likeness (QED) is 0.0250. The van der Waals surface area contributed by atoms with Gasteiger partial charge < -0.3 is 123 Å². The predicted octanol–water partition coefficient (Wildman–Crippen LogP) is -10.3. The highest BCUT2D eigenvalue weighted by Gasteiger charge is 2.37. The van der Waals surface area contributed by atoms with Gasteiger partial charge in [0.05, 0.1) is 64.1 Å². The number of carboxylic acids is 4. The molecule has 0 unspecified atom stereocenters. The molecule has 0 aliphatic rings. The zero-order valence-corrected chi connectivity index (χ0v) is 60.1. The number of aliphatic carboxylic acids is 4. The molecule has 17 amide bonds. The third-order valence-corrected chi connectivity index (χ3v) is 15.4. The third-order valence-electron chi connectivity index (χ3n) is 15.4. The summed E-state index contributed by atoms with van der Waals surface area (Å²) in [5, 5.41) is 68.4. The second kappa shape index (κ2) is 46.5. The van der Waals surface area contributed by atoms with Crippen molar-refractivity contribution in [2.45, 2.75) is 158 Å². The van der Waals surface area contributed by atoms with Gasteiger partial charge in [0.15, 0.2) is 0 Å². The maximum absolute atomic E-state index is 14.1. The summed E-state index contributed by atoms with van der Waals surface area (Å²) in [5.74, 6) is -26.7. The van der Waals surface area contributed by atoms with Gasteiger partial charge in [-0.25, -0.2) is 4.98 Å². The summed E-state index contributed by atoms with van der Waals surface area (Å²) in [4.78, 5) is 278. The number of rotatable bonds is 50. The van der Waals surface area contributed by atoms with Crippen LogP contribution in [0.4, 0.5) is 0 Å². The number of carbonyl (C=O) groups is 21. The van der Waals surface area contributed by atoms with Gasteiger partial charge in [0, 0.05) is 31.2 Å². The van der Waals surface area contributed by atoms with E-state index in [1.165, 1.54) is 6.20 Å². The van der Waals surface area contributed by atoms with Crippen LogP contribution in [-0.2, 0) is 120 Å². The average molecular weight is 1560 g/mol. The second-order valence-corrected chi connectivity index (χ2v) is 25.3. The summed E-state index contributed by atoms with van der Waals surface area (Å²) in [7, 11) is 0. The van der Waals surface area contributed by atoms with Crippen LogP contribution in [0.1, 0.15) is 89.0 Å². The summed E-state index contributed by atoms with van der Waals surface area (Å²) in [6.45, 7) is 0.430. The molecule has 0 fully saturated rings. The van der Waals surface area contributed by atoms with Crippen LogP contribution >= 0.6 is 0 Å². The number of nitrogens with zero attached hydrogens (tertiary/aromatic N) is 1. The number of nitrogens with one attached hydrogen (secondary N) is 15. The summed E-state index contributed by atoms with van der Waals surface area (Å²) in [5.41, 5.74) is 23.3. The highest BCUT2D eigenvalue weighted by molar-refractivity contribution is 6.02. The minimum Gasteiger partial charge on any atom is -0.481 e. The molecule has 0 aliphatic carbocycles. The zero-order valence-electron chi connectivity index (χ0n) is 60.1. The van der Waals surface area contributed by atoms with Gasteiger partial charge in [-0.1, -0.05) is 74.5 Å². The summed E-state index contributed by atoms with van der Waals surface area (Å²) in [6.07, 6.45) is -4.78. The lowest BCUT2D eigenvalue weighted by molar-refractivity contribution is -0.142. The maximum atomic E-state index is 14.1. The van der Waals surface area contributed by atoms with E-state index in [1.807, 2.05) is 10.6 Å². The lowest BCUT2D eigenvalue weighted by atomic mass is 10.0. The summed E-state index contributed by atoms with van der Waals surface area (Å²) >= 11 is 0. The van der Waals surface area contributed by atoms with Gasteiger partial charge in [0.25, 0.3) is 0 Å². The van der Waals surface area contributed by atoms with Gasteiger partial charge >= 0.3 is 23.9 Å². The monoisotopic (exact) mass is 1560 g/mol. The van der Waals surface area contributed by atoms with Gasteiger partial charge in [-0.3, -0.25) is 101 Å². The van der Waals surface area contributed by atoms with Gasteiger partial charge in [-0.2, -0.15) is 0 Å². The number of carboxylic acid groups (broad SMARTS) is 4. The van der Waals surface area contributed by atoms with Crippen molar-refractivity contribution < 1.29 is 121 Å². The Morgan fingerprint density at radius 2 is 0.721 bits per heavy atom. The van der Waals surface area contributed by atoms with Crippen LogP contribution < -0.4 is 97.4 Å². The Morgan fingerprint density at radius 3 is 1.14 bits per heavy atom. The Kier molecular flexibility index (Phi) is 38.4. The molecule has 0 radical (unpaired) electrons. The number of hydrogen-bond acceptors (Lipinski definition) is 23. The molecule has 45 heteroatoms. The fourth-order valence-electron chi connectivity index (χ4n) is 10.0. The zero-order chi connectivity index (χ0) is 83.2. The molecule has 0 aliphatic heterocycles. The van der Waals surface area contributed by atoms with Crippen molar-refractivity contribution in [2.75, 3.05) is 26.2 Å². The number of carbonyl (C=O) groups excluding carboxylic acids is 17. The molecule has 604 valence electrons. The molecule has 111 heavy (non-hydrogen) atoms. The number of hydrogen-bond donors (Lipinski definition) is 23. The molecular weight excluding hydrogens is 1470 g/mol. The first-order valence-corrected chi connectivity index (χ1v) is 33.8. The first-order valence-electron chi connectivity index (χ1n) is 33.8. The van der Waals surface area contributed by atoms with E-state index in [9.17, 15) is 116 Å². The van der Waals surface area contributed by atoms with E-state index in [0.29, 0.717) is 11.1 Å². The lowest BCUT2D eigenvalue weighted by Crippen LogP contribution is -2.60. The normalized spacial score (nSPS) is 13.7. The number of nitrogens with two attached hydrogens (primary N) is 4. The van der Waals surface area contributed by atoms with Crippen LogP contribution in [0.25, 0.3) is 0 Å². The SMILES string of the molecule is CC(C)C[C@H](NC(=O)CNC(=O)[C@H](CC(=O)O)NC(=O)[C@H](CC(N)=O)NC(=O)[C@H](Cc1cnc[nH]1)NC(=O)[C@H](CC(=O)O)NC(=O)CNC(=O)[C@H](CCC(N)=O)NC(=O)[C@@H](N)Cc1ccccc1)C(=O)NCC(=O)N[C@@H](CC(N)=O)C(=O)N[C@@H](C)C(=O)N[C@@H](Cc1ccccc1)C(=O)N[C@@H](CC(=O)O)C(=O)NCC(=O)O. The molecule has 45 nitrogen and oxygen atoms in total. The molecule has 0 spiro atoms. The standard InChI is InChI=1S/C66H90N20O25/c1-31(2)16-38(59(104)73-28-50(91)79-41(20-47(69)88)62(107)77-32(3)56(101)82-39(18-34-12-8-5-9-13-34)63(108)85-44(23-53(95)96)61(106)75-29-55(99)100)78-49(90)27-74-60(105)43(22-52(93)94)86-65(110)42(21-48(70)89)84-64(109)40(19-35-25-71-30-76-35)83-66(111)45(24-54(97)98)80-51(92)26-72-58(103)37(14-15-46(68)87)81-57(102)36(67)17-33-10-6-4-7-11-33/h4-13,25,30-32,36-45H,14-24,26-29,67H2,1-3H3,(H2,68,87)(H2,69,88)(H2,70,89)(H,71,76)(H,72,103)(H,73,104)(H,74,105)(H,75,106)(H,77,107)(H,78,90)(H,79,91)(H,80,92)(H,81,102)(H,82,101)(H,83,111)(H,84,109)(H,85,108)(H,86,110)(H,93,94)(H,95,96)(H,97,98)(H,99,100)/t32-,36-,37-,38-,39-,40-,41-,42-,43-,44-,45-/m0/s1. The Morgan fingerprint density at radius 1 is 0.369 bits per heavy atom. The molecule has 3 aromatic rings. The number of benzene rings is 2. The molecule has 0 saturated carbocycles. The largest absolute Gasteiger partial charge is 0.481 e. The number of H-pyrrole nitrogens is 1. The highest BCUT2D eigenvalue weighted by atomic mass is 16.4.